The van der Waals surface area contributed by atoms with E-state index >= 15 is 0 Å². The highest BCUT2D eigenvalue weighted by atomic mass is 16.1. The second kappa shape index (κ2) is 15.0. The van der Waals surface area contributed by atoms with Crippen molar-refractivity contribution in [2.75, 3.05) is 0 Å². The van der Waals surface area contributed by atoms with Crippen LogP contribution in [0.2, 0.25) is 0 Å². The van der Waals surface area contributed by atoms with E-state index in [4.69, 9.17) is 5.73 Å². The zero-order valence-corrected chi connectivity index (χ0v) is 16.3. The molecular formula is C21H43NO. The van der Waals surface area contributed by atoms with Gasteiger partial charge < -0.3 is 5.73 Å². The Morgan fingerprint density at radius 3 is 1.22 bits per heavy atom. The molecule has 138 valence electrons. The molecular weight excluding hydrogens is 282 g/mol. The van der Waals surface area contributed by atoms with Crippen LogP contribution in [0.15, 0.2) is 0 Å². The van der Waals surface area contributed by atoms with Crippen molar-refractivity contribution < 1.29 is 4.79 Å². The van der Waals surface area contributed by atoms with E-state index in [1.807, 2.05) is 0 Å². The first-order valence-corrected chi connectivity index (χ1v) is 10.2. The molecule has 0 aromatic carbocycles. The van der Waals surface area contributed by atoms with Gasteiger partial charge in [0.25, 0.3) is 0 Å². The molecule has 0 aliphatic carbocycles. The summed E-state index contributed by atoms with van der Waals surface area (Å²) in [7, 11) is 0. The lowest BCUT2D eigenvalue weighted by Crippen LogP contribution is -2.09. The molecule has 23 heavy (non-hydrogen) atoms. The molecule has 1 amide bonds. The fourth-order valence-electron chi connectivity index (χ4n) is 3.08. The quantitative estimate of drug-likeness (QED) is 0.313. The van der Waals surface area contributed by atoms with Crippen molar-refractivity contribution in [2.45, 2.75) is 124 Å². The van der Waals surface area contributed by atoms with Gasteiger partial charge in [0.1, 0.15) is 0 Å². The number of primary amides is 1. The number of unbranched alkanes of at least 4 members (excludes halogenated alkanes) is 13. The van der Waals surface area contributed by atoms with Crippen molar-refractivity contribution in [3.63, 3.8) is 0 Å². The lowest BCUT2D eigenvalue weighted by atomic mass is 9.89. The van der Waals surface area contributed by atoms with Crippen LogP contribution in [0.4, 0.5) is 0 Å². The third-order valence-corrected chi connectivity index (χ3v) is 4.60. The first kappa shape index (κ1) is 22.5. The normalized spacial score (nSPS) is 11.8. The van der Waals surface area contributed by atoms with E-state index in [1.165, 1.54) is 83.5 Å². The van der Waals surface area contributed by atoms with E-state index in [2.05, 4.69) is 20.8 Å². The number of hydrogen-bond donors (Lipinski definition) is 1. The van der Waals surface area contributed by atoms with E-state index in [9.17, 15) is 4.79 Å². The van der Waals surface area contributed by atoms with E-state index in [0.29, 0.717) is 11.8 Å². The topological polar surface area (TPSA) is 43.1 Å². The molecule has 2 heteroatoms. The molecule has 0 atom stereocenters. The van der Waals surface area contributed by atoms with Gasteiger partial charge in [-0.15, -0.1) is 0 Å². The van der Waals surface area contributed by atoms with Crippen molar-refractivity contribution in [1.29, 1.82) is 0 Å². The van der Waals surface area contributed by atoms with Crippen LogP contribution in [-0.2, 0) is 4.79 Å². The second-order valence-electron chi connectivity index (χ2n) is 8.48. The summed E-state index contributed by atoms with van der Waals surface area (Å²) in [5.74, 6) is -0.154. The minimum Gasteiger partial charge on any atom is -0.370 e. The molecule has 0 aliphatic rings. The molecule has 0 radical (unpaired) electrons. The lowest BCUT2D eigenvalue weighted by molar-refractivity contribution is -0.118. The van der Waals surface area contributed by atoms with Gasteiger partial charge in [-0.3, -0.25) is 4.79 Å². The zero-order chi connectivity index (χ0) is 17.4. The monoisotopic (exact) mass is 325 g/mol. The highest BCUT2D eigenvalue weighted by Gasteiger charge is 2.08. The Balaban J connectivity index is 3.04. The van der Waals surface area contributed by atoms with Crippen molar-refractivity contribution in [3.05, 3.63) is 0 Å². The molecule has 0 spiro atoms. The molecule has 0 unspecified atom stereocenters. The van der Waals surface area contributed by atoms with Crippen molar-refractivity contribution in [3.8, 4) is 0 Å². The van der Waals surface area contributed by atoms with Crippen LogP contribution < -0.4 is 5.73 Å². The Kier molecular flexibility index (Phi) is 14.7. The van der Waals surface area contributed by atoms with Gasteiger partial charge in [-0.1, -0.05) is 104 Å². The van der Waals surface area contributed by atoms with Gasteiger partial charge in [-0.25, -0.2) is 0 Å². The molecule has 0 saturated carbocycles. The van der Waals surface area contributed by atoms with Gasteiger partial charge in [-0.05, 0) is 18.3 Å². The van der Waals surface area contributed by atoms with Gasteiger partial charge >= 0.3 is 0 Å². The lowest BCUT2D eigenvalue weighted by Gasteiger charge is -2.17. The van der Waals surface area contributed by atoms with Gasteiger partial charge in [0.2, 0.25) is 5.91 Å². The predicted molar refractivity (Wildman–Crippen MR) is 103 cm³/mol. The molecule has 0 fully saturated rings. The molecule has 0 bridgehead atoms. The third-order valence-electron chi connectivity index (χ3n) is 4.60. The maximum Gasteiger partial charge on any atom is 0.217 e. The summed E-state index contributed by atoms with van der Waals surface area (Å²) < 4.78 is 0. The fourth-order valence-corrected chi connectivity index (χ4v) is 3.08. The van der Waals surface area contributed by atoms with Crippen LogP contribution in [0.1, 0.15) is 124 Å². The minimum atomic E-state index is -0.154. The van der Waals surface area contributed by atoms with E-state index in [1.54, 1.807) is 0 Å². The summed E-state index contributed by atoms with van der Waals surface area (Å²) in [6.07, 6.45) is 20.8. The Bertz CT molecular complexity index is 268. The average Bonchev–Trinajstić information content (AvgIpc) is 2.45. The average molecular weight is 326 g/mol. The number of carbonyl (C=O) groups is 1. The predicted octanol–water partition coefficient (Wildman–Crippen LogP) is 6.76. The number of carbonyl (C=O) groups excluding carboxylic acids is 1. The van der Waals surface area contributed by atoms with Crippen LogP contribution in [0.5, 0.6) is 0 Å². The number of rotatable bonds is 16. The molecule has 2 N–H and O–H groups in total. The number of amides is 1. The molecule has 0 aliphatic heterocycles. The molecule has 0 aromatic heterocycles. The molecule has 0 heterocycles. The van der Waals surface area contributed by atoms with Crippen LogP contribution in [0, 0.1) is 5.41 Å². The fraction of sp³-hybridized carbons (Fsp3) is 0.952. The van der Waals surface area contributed by atoms with Crippen LogP contribution in [0.25, 0.3) is 0 Å². The number of nitrogens with two attached hydrogens (primary N) is 1. The van der Waals surface area contributed by atoms with Gasteiger partial charge in [0.15, 0.2) is 0 Å². The summed E-state index contributed by atoms with van der Waals surface area (Å²) in [6, 6.07) is 0. The van der Waals surface area contributed by atoms with Crippen molar-refractivity contribution in [2.24, 2.45) is 11.1 Å². The van der Waals surface area contributed by atoms with E-state index < -0.39 is 0 Å². The Morgan fingerprint density at radius 1 is 0.609 bits per heavy atom. The SMILES string of the molecule is CC(C)(C)CCCCCCCCCCCCCCCCC(N)=O. The van der Waals surface area contributed by atoms with Gasteiger partial charge in [0, 0.05) is 6.42 Å². The van der Waals surface area contributed by atoms with Crippen molar-refractivity contribution >= 4 is 5.91 Å². The summed E-state index contributed by atoms with van der Waals surface area (Å²) in [6.45, 7) is 7.02. The minimum absolute atomic E-state index is 0.154. The largest absolute Gasteiger partial charge is 0.370 e. The third kappa shape index (κ3) is 21.5. The Morgan fingerprint density at radius 2 is 0.913 bits per heavy atom. The highest BCUT2D eigenvalue weighted by Crippen LogP contribution is 2.22. The Hall–Kier alpha value is -0.530. The zero-order valence-electron chi connectivity index (χ0n) is 16.3. The van der Waals surface area contributed by atoms with Crippen LogP contribution in [-0.4, -0.2) is 5.91 Å². The van der Waals surface area contributed by atoms with E-state index in [0.717, 1.165) is 12.8 Å². The summed E-state index contributed by atoms with van der Waals surface area (Å²) >= 11 is 0. The first-order chi connectivity index (χ1) is 10.9. The van der Waals surface area contributed by atoms with Crippen LogP contribution >= 0.6 is 0 Å². The van der Waals surface area contributed by atoms with Gasteiger partial charge in [0.05, 0.1) is 0 Å². The summed E-state index contributed by atoms with van der Waals surface area (Å²) in [5.41, 5.74) is 5.64. The summed E-state index contributed by atoms with van der Waals surface area (Å²) in [5, 5.41) is 0. The van der Waals surface area contributed by atoms with Crippen LogP contribution in [0.3, 0.4) is 0 Å². The van der Waals surface area contributed by atoms with Gasteiger partial charge in [-0.2, -0.15) is 0 Å². The summed E-state index contributed by atoms with van der Waals surface area (Å²) in [4.78, 5) is 10.6. The van der Waals surface area contributed by atoms with E-state index in [-0.39, 0.29) is 5.91 Å². The molecule has 0 saturated heterocycles. The Labute approximate surface area is 146 Å². The standard InChI is InChI=1S/C21H43NO/c1-21(2,3)19-17-15-13-11-9-7-5-4-6-8-10-12-14-16-18-20(22)23/h4-19H2,1-3H3,(H2,22,23). The molecule has 0 aromatic rings. The molecule has 0 rings (SSSR count). The number of hydrogen-bond acceptors (Lipinski definition) is 1. The first-order valence-electron chi connectivity index (χ1n) is 10.2. The maximum atomic E-state index is 10.6. The highest BCUT2D eigenvalue weighted by molar-refractivity contribution is 5.73. The molecule has 2 nitrogen and oxygen atoms in total. The smallest absolute Gasteiger partial charge is 0.217 e. The maximum absolute atomic E-state index is 10.6. The van der Waals surface area contributed by atoms with Crippen molar-refractivity contribution in [1.82, 2.24) is 0 Å². The second-order valence-corrected chi connectivity index (χ2v) is 8.48.